The Balaban J connectivity index is 2.32. The lowest BCUT2D eigenvalue weighted by molar-refractivity contribution is -0.118. The van der Waals surface area contributed by atoms with Crippen molar-refractivity contribution in [2.24, 2.45) is 0 Å². The maximum Gasteiger partial charge on any atom is 0.227 e. The molecule has 1 fully saturated rings. The lowest BCUT2D eigenvalue weighted by Crippen LogP contribution is -2.39. The maximum atomic E-state index is 12.1. The zero-order valence-corrected chi connectivity index (χ0v) is 10.4. The Kier molecular flexibility index (Phi) is 3.67. The second kappa shape index (κ2) is 5.21. The van der Waals surface area contributed by atoms with Crippen LogP contribution in [0.15, 0.2) is 24.3 Å². The fraction of sp³-hybridized carbons (Fsp3) is 0.500. The number of rotatable bonds is 3. The van der Waals surface area contributed by atoms with E-state index in [0.29, 0.717) is 18.2 Å². The van der Waals surface area contributed by atoms with Crippen LogP contribution in [0, 0.1) is 0 Å². The molecular formula is C14H20N2O. The molecule has 0 spiro atoms. The molecule has 1 amide bonds. The summed E-state index contributed by atoms with van der Waals surface area (Å²) in [7, 11) is 0. The van der Waals surface area contributed by atoms with Crippen molar-refractivity contribution in [2.75, 3.05) is 10.6 Å². The number of hydrogen-bond acceptors (Lipinski definition) is 2. The largest absolute Gasteiger partial charge is 0.397 e. The first-order valence-electron chi connectivity index (χ1n) is 6.40. The van der Waals surface area contributed by atoms with Crippen LogP contribution >= 0.6 is 0 Å². The SMILES string of the molecule is CCC(=O)N(c1ccccc1N)C1CCCC1. The smallest absolute Gasteiger partial charge is 0.227 e. The quantitative estimate of drug-likeness (QED) is 0.814. The Hall–Kier alpha value is -1.51. The second-order valence-corrected chi connectivity index (χ2v) is 4.61. The summed E-state index contributed by atoms with van der Waals surface area (Å²) in [6, 6.07) is 7.99. The predicted molar refractivity (Wildman–Crippen MR) is 70.9 cm³/mol. The molecule has 0 heterocycles. The summed E-state index contributed by atoms with van der Waals surface area (Å²) in [5.41, 5.74) is 7.56. The van der Waals surface area contributed by atoms with Gasteiger partial charge in [0.1, 0.15) is 0 Å². The van der Waals surface area contributed by atoms with Gasteiger partial charge in [0.25, 0.3) is 0 Å². The summed E-state index contributed by atoms with van der Waals surface area (Å²) in [6.07, 6.45) is 5.15. The van der Waals surface area contributed by atoms with Gasteiger partial charge in [0.15, 0.2) is 0 Å². The molecule has 92 valence electrons. The lowest BCUT2D eigenvalue weighted by atomic mass is 10.1. The van der Waals surface area contributed by atoms with Crippen LogP contribution in [0.2, 0.25) is 0 Å². The highest BCUT2D eigenvalue weighted by molar-refractivity contribution is 5.96. The van der Waals surface area contributed by atoms with Crippen LogP contribution in [-0.2, 0) is 4.79 Å². The van der Waals surface area contributed by atoms with Crippen molar-refractivity contribution >= 4 is 17.3 Å². The van der Waals surface area contributed by atoms with E-state index in [9.17, 15) is 4.79 Å². The Labute approximate surface area is 103 Å². The van der Waals surface area contributed by atoms with Crippen LogP contribution < -0.4 is 10.6 Å². The van der Waals surface area contributed by atoms with Crippen molar-refractivity contribution in [3.63, 3.8) is 0 Å². The second-order valence-electron chi connectivity index (χ2n) is 4.61. The van der Waals surface area contributed by atoms with Crippen LogP contribution in [0.4, 0.5) is 11.4 Å². The van der Waals surface area contributed by atoms with E-state index in [0.717, 1.165) is 18.5 Å². The molecule has 0 unspecified atom stereocenters. The third kappa shape index (κ3) is 2.43. The molecule has 0 aliphatic heterocycles. The molecule has 0 atom stereocenters. The van der Waals surface area contributed by atoms with E-state index >= 15 is 0 Å². The standard InChI is InChI=1S/C14H20N2O/c1-2-14(17)16(11-7-3-4-8-11)13-10-6-5-9-12(13)15/h5-6,9-11H,2-4,7-8,15H2,1H3. The highest BCUT2D eigenvalue weighted by Gasteiger charge is 2.27. The fourth-order valence-corrected chi connectivity index (χ4v) is 2.57. The van der Waals surface area contributed by atoms with Crippen molar-refractivity contribution < 1.29 is 4.79 Å². The first-order valence-corrected chi connectivity index (χ1v) is 6.40. The zero-order valence-electron chi connectivity index (χ0n) is 10.4. The Bertz CT molecular complexity index is 397. The molecule has 0 radical (unpaired) electrons. The van der Waals surface area contributed by atoms with E-state index in [4.69, 9.17) is 5.73 Å². The van der Waals surface area contributed by atoms with Gasteiger partial charge in [-0.3, -0.25) is 4.79 Å². The number of benzene rings is 1. The van der Waals surface area contributed by atoms with Crippen molar-refractivity contribution in [3.05, 3.63) is 24.3 Å². The summed E-state index contributed by atoms with van der Waals surface area (Å²) in [6.45, 7) is 1.91. The van der Waals surface area contributed by atoms with Gasteiger partial charge in [-0.25, -0.2) is 0 Å². The molecule has 0 saturated heterocycles. The Morgan fingerprint density at radius 1 is 1.35 bits per heavy atom. The number of hydrogen-bond donors (Lipinski definition) is 1. The van der Waals surface area contributed by atoms with Gasteiger partial charge >= 0.3 is 0 Å². The number of carbonyl (C=O) groups excluding carboxylic acids is 1. The highest BCUT2D eigenvalue weighted by Crippen LogP contribution is 2.32. The Morgan fingerprint density at radius 3 is 2.59 bits per heavy atom. The van der Waals surface area contributed by atoms with E-state index in [2.05, 4.69) is 0 Å². The van der Waals surface area contributed by atoms with Crippen molar-refractivity contribution in [1.29, 1.82) is 0 Å². The molecule has 1 aliphatic rings. The molecule has 1 aromatic carbocycles. The van der Waals surface area contributed by atoms with Crippen LogP contribution in [0.5, 0.6) is 0 Å². The maximum absolute atomic E-state index is 12.1. The van der Waals surface area contributed by atoms with Gasteiger partial charge in [0.2, 0.25) is 5.91 Å². The van der Waals surface area contributed by atoms with E-state index in [1.54, 1.807) is 0 Å². The summed E-state index contributed by atoms with van der Waals surface area (Å²) >= 11 is 0. The minimum Gasteiger partial charge on any atom is -0.397 e. The number of nitrogens with two attached hydrogens (primary N) is 1. The molecule has 1 aromatic rings. The third-order valence-electron chi connectivity index (χ3n) is 3.46. The predicted octanol–water partition coefficient (Wildman–Crippen LogP) is 2.95. The first-order chi connectivity index (χ1) is 8.24. The summed E-state index contributed by atoms with van der Waals surface area (Å²) in [5, 5.41) is 0. The number of nitrogen functional groups attached to an aromatic ring is 1. The zero-order chi connectivity index (χ0) is 12.3. The van der Waals surface area contributed by atoms with Crippen LogP contribution in [-0.4, -0.2) is 11.9 Å². The average molecular weight is 232 g/mol. The minimum absolute atomic E-state index is 0.176. The third-order valence-corrected chi connectivity index (χ3v) is 3.46. The van der Waals surface area contributed by atoms with E-state index in [-0.39, 0.29) is 5.91 Å². The molecule has 17 heavy (non-hydrogen) atoms. The van der Waals surface area contributed by atoms with E-state index < -0.39 is 0 Å². The molecule has 3 nitrogen and oxygen atoms in total. The van der Waals surface area contributed by atoms with Crippen molar-refractivity contribution in [3.8, 4) is 0 Å². The number of anilines is 2. The topological polar surface area (TPSA) is 46.3 Å². The normalized spacial score (nSPS) is 16.1. The van der Waals surface area contributed by atoms with Gasteiger partial charge in [0, 0.05) is 12.5 Å². The van der Waals surface area contributed by atoms with Crippen LogP contribution in [0.3, 0.4) is 0 Å². The number of para-hydroxylation sites is 2. The first kappa shape index (κ1) is 12.0. The van der Waals surface area contributed by atoms with Crippen molar-refractivity contribution in [2.45, 2.75) is 45.1 Å². The van der Waals surface area contributed by atoms with E-state index in [1.807, 2.05) is 36.1 Å². The number of nitrogens with zero attached hydrogens (tertiary/aromatic N) is 1. The summed E-state index contributed by atoms with van der Waals surface area (Å²) in [4.78, 5) is 14.0. The van der Waals surface area contributed by atoms with Gasteiger partial charge in [-0.05, 0) is 25.0 Å². The van der Waals surface area contributed by atoms with Gasteiger partial charge in [-0.1, -0.05) is 31.9 Å². The lowest BCUT2D eigenvalue weighted by Gasteiger charge is -2.29. The highest BCUT2D eigenvalue weighted by atomic mass is 16.2. The molecule has 1 saturated carbocycles. The molecule has 2 N–H and O–H groups in total. The van der Waals surface area contributed by atoms with E-state index in [1.165, 1.54) is 12.8 Å². The molecule has 0 bridgehead atoms. The van der Waals surface area contributed by atoms with Gasteiger partial charge < -0.3 is 10.6 Å². The van der Waals surface area contributed by atoms with Crippen molar-refractivity contribution in [1.82, 2.24) is 0 Å². The molecule has 0 aromatic heterocycles. The minimum atomic E-state index is 0.176. The summed E-state index contributed by atoms with van der Waals surface area (Å²) < 4.78 is 0. The number of carbonyl (C=O) groups is 1. The van der Waals surface area contributed by atoms with Crippen LogP contribution in [0.25, 0.3) is 0 Å². The fourth-order valence-electron chi connectivity index (χ4n) is 2.57. The van der Waals surface area contributed by atoms with Gasteiger partial charge in [-0.2, -0.15) is 0 Å². The average Bonchev–Trinajstić information content (AvgIpc) is 2.85. The molecular weight excluding hydrogens is 212 g/mol. The number of amides is 1. The van der Waals surface area contributed by atoms with Gasteiger partial charge in [0.05, 0.1) is 11.4 Å². The Morgan fingerprint density at radius 2 is 2.00 bits per heavy atom. The molecule has 3 heteroatoms. The van der Waals surface area contributed by atoms with Gasteiger partial charge in [-0.15, -0.1) is 0 Å². The monoisotopic (exact) mass is 232 g/mol. The van der Waals surface area contributed by atoms with Crippen LogP contribution in [0.1, 0.15) is 39.0 Å². The molecule has 1 aliphatic carbocycles. The molecule has 2 rings (SSSR count). The summed E-state index contributed by atoms with van der Waals surface area (Å²) in [5.74, 6) is 0.176.